The predicted octanol–water partition coefficient (Wildman–Crippen LogP) is 3.42. The van der Waals surface area contributed by atoms with Crippen molar-refractivity contribution < 1.29 is 14.6 Å². The van der Waals surface area contributed by atoms with E-state index in [1.165, 1.54) is 0 Å². The molecule has 8 heteroatoms. The zero-order valence-corrected chi connectivity index (χ0v) is 20.0. The number of carbonyl (C=O) groups excluding carboxylic acids is 1. The highest BCUT2D eigenvalue weighted by Crippen LogP contribution is 2.30. The number of nitrogens with zero attached hydrogens (tertiary/aromatic N) is 2. The second-order valence-corrected chi connectivity index (χ2v) is 8.72. The zero-order chi connectivity index (χ0) is 25.1. The van der Waals surface area contributed by atoms with Gasteiger partial charge in [-0.3, -0.25) is 19.3 Å². The molecule has 0 radical (unpaired) electrons. The highest BCUT2D eigenvalue weighted by atomic mass is 35.5. The molecule has 4 aromatic rings. The average Bonchev–Trinajstić information content (AvgIpc) is 2.90. The van der Waals surface area contributed by atoms with Crippen LogP contribution in [0.2, 0.25) is 5.02 Å². The van der Waals surface area contributed by atoms with Crippen molar-refractivity contribution in [3.05, 3.63) is 110 Å². The third-order valence-electron chi connectivity index (χ3n) is 5.85. The van der Waals surface area contributed by atoms with E-state index in [1.807, 2.05) is 52.1 Å². The van der Waals surface area contributed by atoms with Crippen molar-refractivity contribution in [1.82, 2.24) is 9.99 Å². The summed E-state index contributed by atoms with van der Waals surface area (Å²) >= 11 is 5.94. The molecule has 0 spiro atoms. The number of nitrogens with one attached hydrogen (secondary N) is 1. The number of halogens is 1. The molecule has 1 amide bonds. The van der Waals surface area contributed by atoms with E-state index in [2.05, 4.69) is 17.2 Å². The maximum absolute atomic E-state index is 13.5. The maximum Gasteiger partial charge on any atom is 0.257 e. The Labute approximate surface area is 212 Å². The van der Waals surface area contributed by atoms with Crippen LogP contribution in [0, 0.1) is 11.8 Å². The SMILES string of the molecule is O=C(NCc1ccc(Cl)cc1)c1cn2c3c(cc(C#CCO)cc3c1=O)OCN2Cc1ccccc1. The topological polar surface area (TPSA) is 83.8 Å². The summed E-state index contributed by atoms with van der Waals surface area (Å²) < 4.78 is 7.80. The van der Waals surface area contributed by atoms with Crippen LogP contribution in [0.25, 0.3) is 10.9 Å². The Morgan fingerprint density at radius 1 is 1.08 bits per heavy atom. The number of aromatic nitrogens is 1. The Morgan fingerprint density at radius 2 is 1.86 bits per heavy atom. The number of rotatable bonds is 5. The molecule has 0 saturated carbocycles. The predicted molar refractivity (Wildman–Crippen MR) is 139 cm³/mol. The Hall–Kier alpha value is -4.25. The van der Waals surface area contributed by atoms with Crippen LogP contribution in [0.3, 0.4) is 0 Å². The first kappa shape index (κ1) is 23.5. The van der Waals surface area contributed by atoms with Crippen LogP contribution in [0.15, 0.2) is 77.7 Å². The van der Waals surface area contributed by atoms with Gasteiger partial charge in [-0.25, -0.2) is 0 Å². The van der Waals surface area contributed by atoms with Gasteiger partial charge in [-0.2, -0.15) is 0 Å². The minimum absolute atomic E-state index is 0.00893. The molecule has 0 fully saturated rings. The fraction of sp³-hybridized carbons (Fsp3) is 0.143. The number of hydrogen-bond acceptors (Lipinski definition) is 5. The number of carbonyl (C=O) groups is 1. The largest absolute Gasteiger partial charge is 0.469 e. The van der Waals surface area contributed by atoms with Gasteiger partial charge in [0.1, 0.15) is 23.4 Å². The van der Waals surface area contributed by atoms with Gasteiger partial charge in [0.2, 0.25) is 5.43 Å². The van der Waals surface area contributed by atoms with E-state index in [4.69, 9.17) is 21.4 Å². The van der Waals surface area contributed by atoms with E-state index >= 15 is 0 Å². The third kappa shape index (κ3) is 4.78. The molecule has 36 heavy (non-hydrogen) atoms. The summed E-state index contributed by atoms with van der Waals surface area (Å²) in [6.45, 7) is 0.660. The lowest BCUT2D eigenvalue weighted by molar-refractivity contribution is 0.0949. The Kier molecular flexibility index (Phi) is 6.63. The summed E-state index contributed by atoms with van der Waals surface area (Å²) in [5.74, 6) is 5.43. The molecular formula is C28H22ClN3O4. The molecule has 0 aliphatic carbocycles. The van der Waals surface area contributed by atoms with Crippen LogP contribution in [-0.2, 0) is 13.1 Å². The summed E-state index contributed by atoms with van der Waals surface area (Å²) in [5.41, 5.74) is 2.58. The van der Waals surface area contributed by atoms with E-state index in [1.54, 1.807) is 30.5 Å². The van der Waals surface area contributed by atoms with E-state index in [0.29, 0.717) is 33.8 Å². The first-order valence-corrected chi connectivity index (χ1v) is 11.7. The number of pyridine rings is 1. The van der Waals surface area contributed by atoms with Crippen LogP contribution in [0.1, 0.15) is 27.0 Å². The molecular weight excluding hydrogens is 478 g/mol. The Balaban J connectivity index is 1.58. The second-order valence-electron chi connectivity index (χ2n) is 8.28. The van der Waals surface area contributed by atoms with E-state index in [-0.39, 0.29) is 25.4 Å². The molecule has 1 aliphatic heterocycles. The quantitative estimate of drug-likeness (QED) is 0.411. The average molecular weight is 500 g/mol. The lowest BCUT2D eigenvalue weighted by atomic mass is 10.1. The Bertz CT molecular complexity index is 1550. The second kappa shape index (κ2) is 10.2. The van der Waals surface area contributed by atoms with Crippen LogP contribution >= 0.6 is 11.6 Å². The van der Waals surface area contributed by atoms with Gasteiger partial charge in [-0.1, -0.05) is 65.9 Å². The van der Waals surface area contributed by atoms with Gasteiger partial charge in [0.25, 0.3) is 5.91 Å². The fourth-order valence-electron chi connectivity index (χ4n) is 4.12. The molecule has 2 N–H and O–H groups in total. The monoisotopic (exact) mass is 499 g/mol. The highest BCUT2D eigenvalue weighted by Gasteiger charge is 2.25. The zero-order valence-electron chi connectivity index (χ0n) is 19.2. The first-order valence-electron chi connectivity index (χ1n) is 11.3. The van der Waals surface area contributed by atoms with Crippen molar-refractivity contribution in [3.8, 4) is 17.6 Å². The van der Waals surface area contributed by atoms with E-state index in [0.717, 1.165) is 11.1 Å². The summed E-state index contributed by atoms with van der Waals surface area (Å²) in [6.07, 6.45) is 1.57. The molecule has 0 unspecified atom stereocenters. The molecule has 5 rings (SSSR count). The molecule has 0 atom stereocenters. The molecule has 0 saturated heterocycles. The minimum atomic E-state index is -0.486. The van der Waals surface area contributed by atoms with Gasteiger partial charge < -0.3 is 15.2 Å². The first-order chi connectivity index (χ1) is 17.5. The van der Waals surface area contributed by atoms with E-state index in [9.17, 15) is 9.59 Å². The fourth-order valence-corrected chi connectivity index (χ4v) is 4.24. The molecule has 0 bridgehead atoms. The normalized spacial score (nSPS) is 12.0. The highest BCUT2D eigenvalue weighted by molar-refractivity contribution is 6.30. The van der Waals surface area contributed by atoms with Crippen molar-refractivity contribution in [3.63, 3.8) is 0 Å². The van der Waals surface area contributed by atoms with Crippen molar-refractivity contribution in [2.45, 2.75) is 13.1 Å². The van der Waals surface area contributed by atoms with Crippen LogP contribution in [0.5, 0.6) is 5.75 Å². The number of hydrogen-bond donors (Lipinski definition) is 2. The van der Waals surface area contributed by atoms with Gasteiger partial charge in [0.05, 0.1) is 11.9 Å². The Morgan fingerprint density at radius 3 is 2.61 bits per heavy atom. The lowest BCUT2D eigenvalue weighted by Gasteiger charge is -2.33. The number of benzene rings is 3. The van der Waals surface area contributed by atoms with Gasteiger partial charge in [-0.05, 0) is 35.4 Å². The summed E-state index contributed by atoms with van der Waals surface area (Å²) in [5, 5.41) is 14.8. The van der Waals surface area contributed by atoms with Gasteiger partial charge in [-0.15, -0.1) is 0 Å². The van der Waals surface area contributed by atoms with Gasteiger partial charge in [0, 0.05) is 23.3 Å². The molecule has 1 aliphatic rings. The molecule has 2 heterocycles. The van der Waals surface area contributed by atoms with Crippen molar-refractivity contribution in [1.29, 1.82) is 0 Å². The molecule has 180 valence electrons. The number of aliphatic hydroxyl groups excluding tert-OH is 1. The van der Waals surface area contributed by atoms with Gasteiger partial charge in [0.15, 0.2) is 6.73 Å². The molecule has 1 aromatic heterocycles. The number of amides is 1. The standard InChI is InChI=1S/C28H22ClN3O4/c29-22-10-8-19(9-11-22)15-30-28(35)24-17-32-26-23(27(24)34)13-21(7-4-12-33)14-25(26)36-18-31(32)16-20-5-2-1-3-6-20/h1-3,5-6,8-11,13-14,17,33H,12,15-16,18H2,(H,30,35). The van der Waals surface area contributed by atoms with Crippen LogP contribution in [0.4, 0.5) is 0 Å². The molecule has 7 nitrogen and oxygen atoms in total. The van der Waals surface area contributed by atoms with Gasteiger partial charge >= 0.3 is 0 Å². The van der Waals surface area contributed by atoms with E-state index < -0.39 is 11.3 Å². The maximum atomic E-state index is 13.5. The minimum Gasteiger partial charge on any atom is -0.469 e. The van der Waals surface area contributed by atoms with Crippen LogP contribution in [-0.4, -0.2) is 29.0 Å². The van der Waals surface area contributed by atoms with Crippen molar-refractivity contribution in [2.75, 3.05) is 18.3 Å². The smallest absolute Gasteiger partial charge is 0.257 e. The summed E-state index contributed by atoms with van der Waals surface area (Å²) in [7, 11) is 0. The number of aliphatic hydroxyl groups is 1. The molecule has 3 aromatic carbocycles. The lowest BCUT2D eigenvalue weighted by Crippen LogP contribution is -2.42. The van der Waals surface area contributed by atoms with Crippen LogP contribution < -0.4 is 20.5 Å². The van der Waals surface area contributed by atoms with Crippen molar-refractivity contribution in [2.24, 2.45) is 0 Å². The summed E-state index contributed by atoms with van der Waals surface area (Å²) in [4.78, 5) is 26.7. The third-order valence-corrected chi connectivity index (χ3v) is 6.10. The summed E-state index contributed by atoms with van der Waals surface area (Å²) in [6, 6.07) is 20.4. The van der Waals surface area contributed by atoms with Crippen molar-refractivity contribution >= 4 is 28.4 Å². The number of ether oxygens (including phenoxy) is 1.